The molecule has 3 aliphatic heterocycles. The number of nitrogens with zero attached hydrogens (tertiary/aromatic N) is 2. The number of quaternary nitrogens is 1. The SMILES string of the molecule is C=CCO[C@H](c1ccnc2ccccc12)[C@@H]1C[C@@H]2CC[N+]1(Cc1ccccc1)C[C@@H]2C=C.[Cl-]. The molecule has 3 aromatic rings. The summed E-state index contributed by atoms with van der Waals surface area (Å²) in [6.07, 6.45) is 8.47. The Labute approximate surface area is 203 Å². The minimum absolute atomic E-state index is 0. The van der Waals surface area contributed by atoms with E-state index in [9.17, 15) is 0 Å². The lowest BCUT2D eigenvalue weighted by Gasteiger charge is -2.58. The van der Waals surface area contributed by atoms with Crippen molar-refractivity contribution in [1.29, 1.82) is 0 Å². The van der Waals surface area contributed by atoms with Crippen molar-refractivity contribution in [2.24, 2.45) is 11.8 Å². The highest BCUT2D eigenvalue weighted by Crippen LogP contribution is 2.49. The van der Waals surface area contributed by atoms with E-state index in [1.807, 2.05) is 12.3 Å². The summed E-state index contributed by atoms with van der Waals surface area (Å²) in [5, 5.41) is 1.20. The van der Waals surface area contributed by atoms with Crippen LogP contribution in [0.15, 0.2) is 92.2 Å². The first-order valence-corrected chi connectivity index (χ1v) is 11.8. The molecular weight excluding hydrogens is 428 g/mol. The number of rotatable bonds is 8. The van der Waals surface area contributed by atoms with Crippen molar-refractivity contribution in [2.45, 2.75) is 31.5 Å². The molecule has 4 heterocycles. The van der Waals surface area contributed by atoms with Crippen LogP contribution in [0.25, 0.3) is 10.9 Å². The molecule has 33 heavy (non-hydrogen) atoms. The van der Waals surface area contributed by atoms with Crippen LogP contribution in [0, 0.1) is 11.8 Å². The Balaban J connectivity index is 0.00000259. The summed E-state index contributed by atoms with van der Waals surface area (Å²) in [4.78, 5) is 4.61. The molecule has 3 aliphatic rings. The Kier molecular flexibility index (Phi) is 7.33. The van der Waals surface area contributed by atoms with Crippen LogP contribution in [0.5, 0.6) is 0 Å². The number of hydrogen-bond donors (Lipinski definition) is 0. The first-order valence-electron chi connectivity index (χ1n) is 11.8. The van der Waals surface area contributed by atoms with E-state index in [1.54, 1.807) is 0 Å². The summed E-state index contributed by atoms with van der Waals surface area (Å²) in [6, 6.07) is 22.0. The predicted molar refractivity (Wildman–Crippen MR) is 131 cm³/mol. The van der Waals surface area contributed by atoms with Gasteiger partial charge in [-0.05, 0) is 23.6 Å². The second-order valence-electron chi connectivity index (χ2n) is 9.48. The van der Waals surface area contributed by atoms with E-state index in [0.29, 0.717) is 24.5 Å². The largest absolute Gasteiger partial charge is 1.00 e. The molecule has 1 aromatic heterocycles. The standard InChI is InChI=1S/C29H33N2O.ClH/c1-3-18-32-29(26-14-16-30-27-13-9-8-12-25(26)27)28-19-24-15-17-31(28,21-23(24)4-2)20-22-10-6-5-7-11-22;/h3-14,16,23-24,28-29H,1-2,15,17-21H2;1H/q+1;/p-1/t23-,24-,28-,29+,31?;/m0./s1. The van der Waals surface area contributed by atoms with Crippen molar-refractivity contribution < 1.29 is 21.6 Å². The van der Waals surface area contributed by atoms with Gasteiger partial charge in [-0.15, -0.1) is 13.2 Å². The number of piperidine rings is 3. The highest BCUT2D eigenvalue weighted by molar-refractivity contribution is 5.82. The van der Waals surface area contributed by atoms with Crippen molar-refractivity contribution in [3.8, 4) is 0 Å². The number of benzene rings is 2. The molecule has 3 nitrogen and oxygen atoms in total. The summed E-state index contributed by atoms with van der Waals surface area (Å²) in [6.45, 7) is 12.1. The van der Waals surface area contributed by atoms with Gasteiger partial charge >= 0.3 is 0 Å². The average Bonchev–Trinajstić information content (AvgIpc) is 2.85. The van der Waals surface area contributed by atoms with Crippen LogP contribution in [0.4, 0.5) is 0 Å². The van der Waals surface area contributed by atoms with Crippen molar-refractivity contribution >= 4 is 10.9 Å². The molecule has 2 bridgehead atoms. The molecule has 3 saturated heterocycles. The normalized spacial score (nSPS) is 27.0. The van der Waals surface area contributed by atoms with Gasteiger partial charge in [-0.2, -0.15) is 0 Å². The summed E-state index contributed by atoms with van der Waals surface area (Å²) >= 11 is 0. The molecule has 0 saturated carbocycles. The second kappa shape index (κ2) is 10.2. The maximum Gasteiger partial charge on any atom is 0.135 e. The number of ether oxygens (including phenoxy) is 1. The Bertz CT molecular complexity index is 1100. The second-order valence-corrected chi connectivity index (χ2v) is 9.48. The molecule has 1 unspecified atom stereocenters. The number of hydrogen-bond acceptors (Lipinski definition) is 2. The molecule has 6 rings (SSSR count). The highest BCUT2D eigenvalue weighted by Gasteiger charge is 2.54. The van der Waals surface area contributed by atoms with Gasteiger partial charge in [-0.3, -0.25) is 4.98 Å². The number of fused-ring (bicyclic) bond motifs is 4. The van der Waals surface area contributed by atoms with Crippen molar-refractivity contribution in [1.82, 2.24) is 4.98 Å². The van der Waals surface area contributed by atoms with Gasteiger partial charge in [0.2, 0.25) is 0 Å². The Morgan fingerprint density at radius 1 is 1.06 bits per heavy atom. The lowest BCUT2D eigenvalue weighted by molar-refractivity contribution is -0.985. The van der Waals surface area contributed by atoms with Gasteiger partial charge in [-0.25, -0.2) is 0 Å². The number of aromatic nitrogens is 1. The van der Waals surface area contributed by atoms with Gasteiger partial charge in [0, 0.05) is 35.9 Å². The lowest BCUT2D eigenvalue weighted by Crippen LogP contribution is -3.00. The van der Waals surface area contributed by atoms with Crippen LogP contribution in [0.3, 0.4) is 0 Å². The van der Waals surface area contributed by atoms with Gasteiger partial charge in [-0.1, -0.05) is 60.7 Å². The van der Waals surface area contributed by atoms with Crippen molar-refractivity contribution in [3.63, 3.8) is 0 Å². The minimum Gasteiger partial charge on any atom is -1.00 e. The van der Waals surface area contributed by atoms with Crippen molar-refractivity contribution in [2.75, 3.05) is 19.7 Å². The predicted octanol–water partition coefficient (Wildman–Crippen LogP) is 3.09. The molecule has 0 N–H and O–H groups in total. The Morgan fingerprint density at radius 3 is 2.64 bits per heavy atom. The van der Waals surface area contributed by atoms with E-state index in [-0.39, 0.29) is 18.5 Å². The van der Waals surface area contributed by atoms with Gasteiger partial charge < -0.3 is 21.6 Å². The molecular formula is C29H33ClN2O. The minimum atomic E-state index is 0. The summed E-state index contributed by atoms with van der Waals surface area (Å²) < 4.78 is 7.69. The van der Waals surface area contributed by atoms with E-state index in [4.69, 9.17) is 4.74 Å². The fraction of sp³-hybridized carbons (Fsp3) is 0.345. The van der Waals surface area contributed by atoms with Crippen LogP contribution in [0.1, 0.15) is 30.1 Å². The monoisotopic (exact) mass is 460 g/mol. The Morgan fingerprint density at radius 2 is 1.85 bits per heavy atom. The van der Waals surface area contributed by atoms with Crippen LogP contribution in [-0.4, -0.2) is 35.2 Å². The zero-order chi connectivity index (χ0) is 22.0. The topological polar surface area (TPSA) is 22.1 Å². The number of para-hydroxylation sites is 1. The summed E-state index contributed by atoms with van der Waals surface area (Å²) in [5.41, 5.74) is 3.70. The summed E-state index contributed by atoms with van der Waals surface area (Å²) in [7, 11) is 0. The third-order valence-corrected chi connectivity index (χ3v) is 7.75. The zero-order valence-electron chi connectivity index (χ0n) is 19.2. The maximum atomic E-state index is 6.62. The third-order valence-electron chi connectivity index (χ3n) is 7.75. The van der Waals surface area contributed by atoms with Crippen LogP contribution in [0.2, 0.25) is 0 Å². The van der Waals surface area contributed by atoms with Gasteiger partial charge in [0.05, 0.1) is 25.2 Å². The van der Waals surface area contributed by atoms with E-state index in [2.05, 4.69) is 84.9 Å². The Hall–Kier alpha value is -2.46. The quantitative estimate of drug-likeness (QED) is 0.380. The van der Waals surface area contributed by atoms with Crippen LogP contribution in [-0.2, 0) is 11.3 Å². The molecule has 0 amide bonds. The van der Waals surface area contributed by atoms with E-state index >= 15 is 0 Å². The summed E-state index contributed by atoms with van der Waals surface area (Å²) in [5.74, 6) is 1.27. The lowest BCUT2D eigenvalue weighted by atomic mass is 9.71. The molecule has 0 spiro atoms. The van der Waals surface area contributed by atoms with Gasteiger partial charge in [0.25, 0.3) is 0 Å². The van der Waals surface area contributed by atoms with Crippen LogP contribution < -0.4 is 12.4 Å². The van der Waals surface area contributed by atoms with Gasteiger partial charge in [0.1, 0.15) is 18.7 Å². The third kappa shape index (κ3) is 4.50. The molecule has 2 aromatic carbocycles. The molecule has 3 fully saturated rings. The van der Waals surface area contributed by atoms with E-state index < -0.39 is 0 Å². The number of pyridine rings is 1. The van der Waals surface area contributed by atoms with Crippen LogP contribution >= 0.6 is 0 Å². The van der Waals surface area contributed by atoms with Crippen molar-refractivity contribution in [3.05, 3.63) is 103 Å². The zero-order valence-corrected chi connectivity index (χ0v) is 19.9. The van der Waals surface area contributed by atoms with Gasteiger partial charge in [0.15, 0.2) is 0 Å². The number of halogens is 1. The smallest absolute Gasteiger partial charge is 0.135 e. The van der Waals surface area contributed by atoms with E-state index in [1.165, 1.54) is 35.9 Å². The van der Waals surface area contributed by atoms with E-state index in [0.717, 1.165) is 23.1 Å². The molecule has 4 heteroatoms. The first-order chi connectivity index (χ1) is 15.7. The molecule has 0 aliphatic carbocycles. The molecule has 5 atom stereocenters. The fourth-order valence-electron chi connectivity index (χ4n) is 6.26. The fourth-order valence-corrected chi connectivity index (χ4v) is 6.26. The molecule has 0 radical (unpaired) electrons. The maximum absolute atomic E-state index is 6.62. The highest BCUT2D eigenvalue weighted by atomic mass is 35.5. The first kappa shape index (κ1) is 23.7. The average molecular weight is 461 g/mol. The molecule has 172 valence electrons.